The average Bonchev–Trinajstić information content (AvgIpc) is 2.39. The predicted octanol–water partition coefficient (Wildman–Crippen LogP) is 0.710. The van der Waals surface area contributed by atoms with Crippen molar-refractivity contribution in [2.45, 2.75) is 38.1 Å². The first-order valence-electron chi connectivity index (χ1n) is 6.39. The Morgan fingerprint density at radius 2 is 1.78 bits per heavy atom. The first-order chi connectivity index (χ1) is 8.59. The van der Waals surface area contributed by atoms with Gasteiger partial charge in [-0.05, 0) is 19.3 Å². The van der Waals surface area contributed by atoms with Crippen LogP contribution in [-0.4, -0.2) is 58.4 Å². The van der Waals surface area contributed by atoms with Gasteiger partial charge in [0.05, 0.1) is 0 Å². The van der Waals surface area contributed by atoms with Crippen molar-refractivity contribution in [2.24, 2.45) is 0 Å². The summed E-state index contributed by atoms with van der Waals surface area (Å²) in [7, 11) is 0. The molecule has 18 heavy (non-hydrogen) atoms. The number of piperidine rings is 2. The lowest BCUT2D eigenvalue weighted by Crippen LogP contribution is -2.54. The van der Waals surface area contributed by atoms with Crippen LogP contribution in [0.25, 0.3) is 0 Å². The highest BCUT2D eigenvalue weighted by Gasteiger charge is 2.35. The topological polar surface area (TPSA) is 77.9 Å². The zero-order valence-electron chi connectivity index (χ0n) is 10.3. The van der Waals surface area contributed by atoms with Crippen LogP contribution in [0, 0.1) is 0 Å². The Labute approximate surface area is 106 Å². The van der Waals surface area contributed by atoms with E-state index in [-0.39, 0.29) is 11.7 Å². The highest BCUT2D eigenvalue weighted by Crippen LogP contribution is 2.20. The van der Waals surface area contributed by atoms with E-state index in [0.29, 0.717) is 38.9 Å². The maximum atomic E-state index is 12.3. The van der Waals surface area contributed by atoms with Gasteiger partial charge < -0.3 is 10.0 Å². The van der Waals surface area contributed by atoms with Crippen molar-refractivity contribution < 1.29 is 19.5 Å². The molecule has 0 spiro atoms. The Morgan fingerprint density at radius 1 is 1.11 bits per heavy atom. The Hall–Kier alpha value is -1.59. The summed E-state index contributed by atoms with van der Waals surface area (Å²) in [6.07, 6.45) is 2.05. The molecule has 2 aliphatic heterocycles. The number of likely N-dealkylation sites (tertiary alicyclic amines) is 2. The van der Waals surface area contributed by atoms with E-state index in [1.807, 2.05) is 0 Å². The number of carbonyl (C=O) groups is 3. The fourth-order valence-corrected chi connectivity index (χ4v) is 2.60. The largest absolute Gasteiger partial charge is 0.465 e. The van der Waals surface area contributed by atoms with Gasteiger partial charge in [0.2, 0.25) is 5.91 Å². The summed E-state index contributed by atoms with van der Waals surface area (Å²) >= 11 is 0. The minimum absolute atomic E-state index is 0.135. The molecule has 0 radical (unpaired) electrons. The van der Waals surface area contributed by atoms with Gasteiger partial charge in [0, 0.05) is 32.5 Å². The fourth-order valence-electron chi connectivity index (χ4n) is 2.60. The quantitative estimate of drug-likeness (QED) is 0.747. The maximum absolute atomic E-state index is 12.3. The third-order valence-corrected chi connectivity index (χ3v) is 3.67. The van der Waals surface area contributed by atoms with Crippen molar-refractivity contribution in [3.05, 3.63) is 0 Å². The van der Waals surface area contributed by atoms with Gasteiger partial charge in [-0.2, -0.15) is 0 Å². The number of carboxylic acid groups (broad SMARTS) is 1. The zero-order chi connectivity index (χ0) is 13.1. The lowest BCUT2D eigenvalue weighted by molar-refractivity contribution is -0.140. The van der Waals surface area contributed by atoms with Crippen LogP contribution in [0.4, 0.5) is 4.79 Å². The van der Waals surface area contributed by atoms with E-state index in [4.69, 9.17) is 5.11 Å². The molecule has 1 N–H and O–H groups in total. The number of amides is 2. The van der Waals surface area contributed by atoms with Gasteiger partial charge in [-0.1, -0.05) is 0 Å². The molecule has 0 saturated carbocycles. The molecule has 6 heteroatoms. The molecule has 0 aromatic heterocycles. The number of hydrogen-bond acceptors (Lipinski definition) is 3. The molecule has 0 aromatic carbocycles. The summed E-state index contributed by atoms with van der Waals surface area (Å²) in [5, 5.41) is 9.10. The van der Waals surface area contributed by atoms with Gasteiger partial charge in [-0.15, -0.1) is 0 Å². The number of carbonyl (C=O) groups excluding carboxylic acids is 2. The van der Waals surface area contributed by atoms with E-state index in [0.717, 1.165) is 12.8 Å². The third kappa shape index (κ3) is 2.63. The van der Waals surface area contributed by atoms with Gasteiger partial charge in [0.1, 0.15) is 11.8 Å². The molecule has 1 atom stereocenters. The van der Waals surface area contributed by atoms with E-state index in [1.165, 1.54) is 4.90 Å². The van der Waals surface area contributed by atoms with E-state index >= 15 is 0 Å². The van der Waals surface area contributed by atoms with Gasteiger partial charge in [0.25, 0.3) is 0 Å². The van der Waals surface area contributed by atoms with E-state index in [9.17, 15) is 14.4 Å². The molecule has 2 fully saturated rings. The molecule has 2 amide bonds. The van der Waals surface area contributed by atoms with Crippen LogP contribution in [0.1, 0.15) is 32.1 Å². The second-order valence-electron chi connectivity index (χ2n) is 4.85. The van der Waals surface area contributed by atoms with Crippen LogP contribution in [0.5, 0.6) is 0 Å². The average molecular weight is 254 g/mol. The summed E-state index contributed by atoms with van der Waals surface area (Å²) in [5.41, 5.74) is 0. The molecule has 6 nitrogen and oxygen atoms in total. The Bertz CT molecular complexity index is 359. The summed E-state index contributed by atoms with van der Waals surface area (Å²) in [6.45, 7) is 1.29. The van der Waals surface area contributed by atoms with Gasteiger partial charge in [-0.25, -0.2) is 4.79 Å². The minimum atomic E-state index is -1.03. The van der Waals surface area contributed by atoms with Crippen molar-refractivity contribution in [3.63, 3.8) is 0 Å². The second kappa shape index (κ2) is 5.37. The number of Topliss-reactive ketones (excluding diaryl/α,β-unsaturated/α-hetero) is 1. The van der Waals surface area contributed by atoms with Crippen LogP contribution in [0.2, 0.25) is 0 Å². The summed E-state index contributed by atoms with van der Waals surface area (Å²) in [4.78, 5) is 37.4. The SMILES string of the molecule is O=C1CCN(C(=O)[C@@H]2CCCCN2C(=O)O)CC1. The molecule has 2 aliphatic rings. The van der Waals surface area contributed by atoms with Crippen molar-refractivity contribution in [1.29, 1.82) is 0 Å². The fraction of sp³-hybridized carbons (Fsp3) is 0.750. The van der Waals surface area contributed by atoms with Crippen LogP contribution in [0.15, 0.2) is 0 Å². The normalized spacial score (nSPS) is 25.1. The lowest BCUT2D eigenvalue weighted by Gasteiger charge is -2.37. The van der Waals surface area contributed by atoms with Gasteiger partial charge in [-0.3, -0.25) is 14.5 Å². The first kappa shape index (κ1) is 12.9. The first-order valence-corrected chi connectivity index (χ1v) is 6.39. The molecule has 2 rings (SSSR count). The van der Waals surface area contributed by atoms with Crippen molar-refractivity contribution in [3.8, 4) is 0 Å². The molecule has 2 heterocycles. The molecule has 0 bridgehead atoms. The maximum Gasteiger partial charge on any atom is 0.407 e. The van der Waals surface area contributed by atoms with Crippen LogP contribution in [-0.2, 0) is 9.59 Å². The van der Waals surface area contributed by atoms with E-state index in [1.54, 1.807) is 4.90 Å². The van der Waals surface area contributed by atoms with Crippen LogP contribution < -0.4 is 0 Å². The van der Waals surface area contributed by atoms with Crippen molar-refractivity contribution in [1.82, 2.24) is 9.80 Å². The lowest BCUT2D eigenvalue weighted by atomic mass is 10.00. The smallest absolute Gasteiger partial charge is 0.407 e. The highest BCUT2D eigenvalue weighted by atomic mass is 16.4. The number of hydrogen-bond donors (Lipinski definition) is 1. The minimum Gasteiger partial charge on any atom is -0.465 e. The second-order valence-corrected chi connectivity index (χ2v) is 4.85. The van der Waals surface area contributed by atoms with Gasteiger partial charge >= 0.3 is 6.09 Å². The van der Waals surface area contributed by atoms with E-state index in [2.05, 4.69) is 0 Å². The Balaban J connectivity index is 2.02. The number of rotatable bonds is 1. The van der Waals surface area contributed by atoms with Crippen LogP contribution in [0.3, 0.4) is 0 Å². The van der Waals surface area contributed by atoms with E-state index < -0.39 is 12.1 Å². The Morgan fingerprint density at radius 3 is 2.39 bits per heavy atom. The Kier molecular flexibility index (Phi) is 3.84. The number of nitrogens with zero attached hydrogens (tertiary/aromatic N) is 2. The standard InChI is InChI=1S/C12H18N2O4/c15-9-4-7-13(8-5-9)11(16)10-3-1-2-6-14(10)12(17)18/h10H,1-8H2,(H,17,18)/t10-/m0/s1. The third-order valence-electron chi connectivity index (χ3n) is 3.67. The summed E-state index contributed by atoms with van der Waals surface area (Å²) in [6, 6.07) is -0.551. The predicted molar refractivity (Wildman–Crippen MR) is 63.2 cm³/mol. The molecule has 0 unspecified atom stereocenters. The monoisotopic (exact) mass is 254 g/mol. The molecular formula is C12H18N2O4. The summed E-state index contributed by atoms with van der Waals surface area (Å²) in [5.74, 6) is 0.0439. The van der Waals surface area contributed by atoms with Crippen molar-refractivity contribution >= 4 is 17.8 Å². The highest BCUT2D eigenvalue weighted by molar-refractivity contribution is 5.88. The molecule has 100 valence electrons. The molecule has 0 aliphatic carbocycles. The zero-order valence-corrected chi connectivity index (χ0v) is 10.3. The number of ketones is 1. The molecule has 2 saturated heterocycles. The molecule has 0 aromatic rings. The van der Waals surface area contributed by atoms with Crippen molar-refractivity contribution in [2.75, 3.05) is 19.6 Å². The van der Waals surface area contributed by atoms with Crippen LogP contribution >= 0.6 is 0 Å². The molecular weight excluding hydrogens is 236 g/mol. The van der Waals surface area contributed by atoms with Gasteiger partial charge in [0.15, 0.2) is 0 Å². The summed E-state index contributed by atoms with van der Waals surface area (Å²) < 4.78 is 0.